The Morgan fingerprint density at radius 1 is 1.47 bits per heavy atom. The minimum atomic E-state index is 0.288. The molecule has 6 heteroatoms. The van der Waals surface area contributed by atoms with E-state index in [1.54, 1.807) is 6.07 Å². The summed E-state index contributed by atoms with van der Waals surface area (Å²) in [5, 5.41) is 12.7. The maximum Gasteiger partial charge on any atom is 0.159 e. The van der Waals surface area contributed by atoms with Crippen LogP contribution in [0.2, 0.25) is 0 Å². The van der Waals surface area contributed by atoms with Gasteiger partial charge in [-0.2, -0.15) is 15.0 Å². The molecule has 74 valence electrons. The third kappa shape index (κ3) is 1.50. The number of nitrogens with zero attached hydrogens (tertiary/aromatic N) is 5. The number of hydrogen-bond donors (Lipinski definition) is 1. The molecule has 0 saturated carbocycles. The number of aryl methyl sites for hydroxylation is 1. The maximum absolute atomic E-state index is 8.72. The van der Waals surface area contributed by atoms with E-state index >= 15 is 0 Å². The summed E-state index contributed by atoms with van der Waals surface area (Å²) in [6.45, 7) is 1.84. The van der Waals surface area contributed by atoms with Crippen LogP contribution in [0.1, 0.15) is 11.3 Å². The summed E-state index contributed by atoms with van der Waals surface area (Å²) < 4.78 is 1.41. The lowest BCUT2D eigenvalue weighted by Crippen LogP contribution is -2.05. The van der Waals surface area contributed by atoms with Gasteiger partial charge < -0.3 is 5.73 Å². The first-order valence-electron chi connectivity index (χ1n) is 4.25. The van der Waals surface area contributed by atoms with Crippen molar-refractivity contribution in [3.8, 4) is 11.9 Å². The lowest BCUT2D eigenvalue weighted by atomic mass is 10.3. The third-order valence-electron chi connectivity index (χ3n) is 1.93. The molecule has 2 rings (SSSR count). The van der Waals surface area contributed by atoms with Crippen LogP contribution < -0.4 is 5.73 Å². The van der Waals surface area contributed by atoms with Gasteiger partial charge in [-0.05, 0) is 6.92 Å². The molecule has 0 unspecified atom stereocenters. The van der Waals surface area contributed by atoms with Gasteiger partial charge in [0.05, 0.1) is 6.20 Å². The zero-order valence-electron chi connectivity index (χ0n) is 8.05. The van der Waals surface area contributed by atoms with Crippen molar-refractivity contribution in [1.29, 1.82) is 5.26 Å². The average molecular weight is 200 g/mol. The van der Waals surface area contributed by atoms with Gasteiger partial charge in [0.25, 0.3) is 0 Å². The van der Waals surface area contributed by atoms with Gasteiger partial charge in [-0.25, -0.2) is 9.97 Å². The molecule has 0 bridgehead atoms. The Hall–Kier alpha value is -2.42. The van der Waals surface area contributed by atoms with Crippen LogP contribution in [-0.4, -0.2) is 19.7 Å². The van der Waals surface area contributed by atoms with Crippen molar-refractivity contribution in [3.63, 3.8) is 0 Å². The SMILES string of the molecule is Cc1cc(-n2ncc(C#N)c2N)ncn1. The molecule has 2 aromatic rings. The highest BCUT2D eigenvalue weighted by atomic mass is 15.3. The van der Waals surface area contributed by atoms with Crippen LogP contribution >= 0.6 is 0 Å². The second kappa shape index (κ2) is 3.38. The Morgan fingerprint density at radius 3 is 2.87 bits per heavy atom. The highest BCUT2D eigenvalue weighted by molar-refractivity contribution is 5.51. The van der Waals surface area contributed by atoms with E-state index in [0.29, 0.717) is 11.4 Å². The van der Waals surface area contributed by atoms with Gasteiger partial charge in [-0.15, -0.1) is 0 Å². The van der Waals surface area contributed by atoms with Crippen molar-refractivity contribution in [1.82, 2.24) is 19.7 Å². The number of rotatable bonds is 1. The summed E-state index contributed by atoms with van der Waals surface area (Å²) in [5.74, 6) is 0.845. The quantitative estimate of drug-likeness (QED) is 0.720. The van der Waals surface area contributed by atoms with Crippen LogP contribution in [0.4, 0.5) is 5.82 Å². The summed E-state index contributed by atoms with van der Waals surface area (Å²) in [7, 11) is 0. The number of aromatic nitrogens is 4. The summed E-state index contributed by atoms with van der Waals surface area (Å²) in [4.78, 5) is 7.98. The molecule has 0 saturated heterocycles. The Kier molecular flexibility index (Phi) is 2.06. The van der Waals surface area contributed by atoms with Crippen LogP contribution in [0, 0.1) is 18.3 Å². The first-order chi connectivity index (χ1) is 7.22. The standard InChI is InChI=1S/C9H8N6/c1-6-2-8(13-5-12-6)15-9(11)7(3-10)4-14-15/h2,4-5H,11H2,1H3. The van der Waals surface area contributed by atoms with Crippen molar-refractivity contribution in [3.05, 3.63) is 29.8 Å². The topological polar surface area (TPSA) is 93.4 Å². The van der Waals surface area contributed by atoms with E-state index in [9.17, 15) is 0 Å². The van der Waals surface area contributed by atoms with Crippen LogP contribution in [-0.2, 0) is 0 Å². The Balaban J connectivity index is 2.56. The van der Waals surface area contributed by atoms with Crippen LogP contribution in [0.3, 0.4) is 0 Å². The smallest absolute Gasteiger partial charge is 0.159 e. The van der Waals surface area contributed by atoms with Crippen molar-refractivity contribution < 1.29 is 0 Å². The van der Waals surface area contributed by atoms with Crippen LogP contribution in [0.5, 0.6) is 0 Å². The van der Waals surface area contributed by atoms with Gasteiger partial charge in [0.1, 0.15) is 23.8 Å². The molecule has 0 spiro atoms. The molecule has 0 radical (unpaired) electrons. The van der Waals surface area contributed by atoms with E-state index in [1.165, 1.54) is 17.2 Å². The predicted molar refractivity (Wildman–Crippen MR) is 53.0 cm³/mol. The lowest BCUT2D eigenvalue weighted by Gasteiger charge is -2.02. The third-order valence-corrected chi connectivity index (χ3v) is 1.93. The Morgan fingerprint density at radius 2 is 2.27 bits per heavy atom. The van der Waals surface area contributed by atoms with E-state index < -0.39 is 0 Å². The highest BCUT2D eigenvalue weighted by Crippen LogP contribution is 2.14. The maximum atomic E-state index is 8.72. The van der Waals surface area contributed by atoms with E-state index in [4.69, 9.17) is 11.0 Å². The first kappa shape index (κ1) is 9.15. The van der Waals surface area contributed by atoms with Gasteiger partial charge in [-0.1, -0.05) is 0 Å². The molecule has 15 heavy (non-hydrogen) atoms. The normalized spacial score (nSPS) is 9.87. The molecule has 0 amide bonds. The number of hydrogen-bond acceptors (Lipinski definition) is 5. The highest BCUT2D eigenvalue weighted by Gasteiger charge is 2.09. The van der Waals surface area contributed by atoms with Crippen molar-refractivity contribution in [2.45, 2.75) is 6.92 Å². The molecule has 0 aliphatic rings. The molecule has 0 aromatic carbocycles. The molecule has 0 aliphatic heterocycles. The number of anilines is 1. The van der Waals surface area contributed by atoms with Crippen LogP contribution in [0.25, 0.3) is 5.82 Å². The average Bonchev–Trinajstić information content (AvgIpc) is 2.59. The van der Waals surface area contributed by atoms with Gasteiger partial charge >= 0.3 is 0 Å². The summed E-state index contributed by atoms with van der Waals surface area (Å²) in [6.07, 6.45) is 2.84. The van der Waals surface area contributed by atoms with Gasteiger partial charge in [0.15, 0.2) is 5.82 Å². The Labute approximate surface area is 86.0 Å². The zero-order valence-corrected chi connectivity index (χ0v) is 8.05. The molecular weight excluding hydrogens is 192 g/mol. The minimum absolute atomic E-state index is 0.288. The number of nitriles is 1. The second-order valence-electron chi connectivity index (χ2n) is 2.98. The largest absolute Gasteiger partial charge is 0.382 e. The second-order valence-corrected chi connectivity index (χ2v) is 2.98. The van der Waals surface area contributed by atoms with E-state index in [-0.39, 0.29) is 5.82 Å². The molecule has 2 N–H and O–H groups in total. The molecule has 0 atom stereocenters. The molecule has 2 aromatic heterocycles. The predicted octanol–water partition coefficient (Wildman–Crippen LogP) is 0.425. The number of nitrogens with two attached hydrogens (primary N) is 1. The van der Waals surface area contributed by atoms with E-state index in [0.717, 1.165) is 5.69 Å². The van der Waals surface area contributed by atoms with Gasteiger partial charge in [0.2, 0.25) is 0 Å². The zero-order chi connectivity index (χ0) is 10.8. The molecule has 0 aliphatic carbocycles. The van der Waals surface area contributed by atoms with Gasteiger partial charge in [-0.3, -0.25) is 0 Å². The fraction of sp³-hybridized carbons (Fsp3) is 0.111. The minimum Gasteiger partial charge on any atom is -0.382 e. The Bertz CT molecular complexity index is 536. The number of nitrogen functional groups attached to an aromatic ring is 1. The lowest BCUT2D eigenvalue weighted by molar-refractivity contribution is 0.844. The first-order valence-corrected chi connectivity index (χ1v) is 4.25. The van der Waals surface area contributed by atoms with Gasteiger partial charge in [0, 0.05) is 11.8 Å². The van der Waals surface area contributed by atoms with Crippen molar-refractivity contribution >= 4 is 5.82 Å². The van der Waals surface area contributed by atoms with Crippen molar-refractivity contribution in [2.24, 2.45) is 0 Å². The fourth-order valence-electron chi connectivity index (χ4n) is 1.18. The summed E-state index contributed by atoms with van der Waals surface area (Å²) >= 11 is 0. The molecular formula is C9H8N6. The van der Waals surface area contributed by atoms with E-state index in [1.807, 2.05) is 13.0 Å². The fourth-order valence-corrected chi connectivity index (χ4v) is 1.18. The molecule has 0 fully saturated rings. The van der Waals surface area contributed by atoms with E-state index in [2.05, 4.69) is 15.1 Å². The van der Waals surface area contributed by atoms with Crippen LogP contribution in [0.15, 0.2) is 18.6 Å². The monoisotopic (exact) mass is 200 g/mol. The summed E-state index contributed by atoms with van der Waals surface area (Å²) in [5.41, 5.74) is 6.87. The molecule has 2 heterocycles. The molecule has 6 nitrogen and oxygen atoms in total. The van der Waals surface area contributed by atoms with Crippen molar-refractivity contribution in [2.75, 3.05) is 5.73 Å². The summed E-state index contributed by atoms with van der Waals surface area (Å²) in [6, 6.07) is 3.69.